The Morgan fingerprint density at radius 3 is 2.56 bits per heavy atom. The summed E-state index contributed by atoms with van der Waals surface area (Å²) >= 11 is 0. The molecule has 0 unspecified atom stereocenters. The van der Waals surface area contributed by atoms with Crippen LogP contribution in [0.25, 0.3) is 22.5 Å². The van der Waals surface area contributed by atoms with Gasteiger partial charge in [0, 0.05) is 35.7 Å². The minimum absolute atomic E-state index is 0.139. The second kappa shape index (κ2) is 8.93. The zero-order chi connectivity index (χ0) is 24.5. The van der Waals surface area contributed by atoms with Gasteiger partial charge in [0.2, 0.25) is 17.6 Å². The van der Waals surface area contributed by atoms with Crippen LogP contribution in [0.2, 0.25) is 0 Å². The van der Waals surface area contributed by atoms with Crippen molar-refractivity contribution in [3.05, 3.63) is 69.0 Å². The summed E-state index contributed by atoms with van der Waals surface area (Å²) in [6.45, 7) is 6.20. The topological polar surface area (TPSA) is 146 Å². The van der Waals surface area contributed by atoms with Crippen LogP contribution in [0.4, 0.5) is 11.4 Å². The van der Waals surface area contributed by atoms with Crippen LogP contribution in [0, 0.1) is 10.1 Å². The average Bonchev–Trinajstić information content (AvgIpc) is 3.39. The van der Waals surface area contributed by atoms with E-state index in [1.807, 2.05) is 20.8 Å². The maximum Gasteiger partial charge on any atom is 0.419 e. The number of fused-ring (bicyclic) bond motifs is 1. The summed E-state index contributed by atoms with van der Waals surface area (Å²) in [4.78, 5) is 39.2. The lowest BCUT2D eigenvalue weighted by atomic mass is 9.97. The minimum Gasteiger partial charge on any atom is -0.407 e. The van der Waals surface area contributed by atoms with Gasteiger partial charge in [0.15, 0.2) is 5.58 Å². The van der Waals surface area contributed by atoms with Crippen molar-refractivity contribution in [3.63, 3.8) is 0 Å². The second-order valence-electron chi connectivity index (χ2n) is 8.83. The molecule has 0 aliphatic rings. The monoisotopic (exact) mass is 465 g/mol. The number of hydrogen-bond acceptors (Lipinski definition) is 8. The Labute approximate surface area is 193 Å². The Balaban J connectivity index is 1.34. The van der Waals surface area contributed by atoms with Crippen LogP contribution in [0.15, 0.2) is 56.2 Å². The van der Waals surface area contributed by atoms with Gasteiger partial charge >= 0.3 is 5.76 Å². The fourth-order valence-electron chi connectivity index (χ4n) is 3.35. The number of oxazole rings is 1. The highest BCUT2D eigenvalue weighted by atomic mass is 16.6. The highest BCUT2D eigenvalue weighted by Gasteiger charge is 2.22. The van der Waals surface area contributed by atoms with Crippen LogP contribution in [-0.2, 0) is 16.8 Å². The summed E-state index contributed by atoms with van der Waals surface area (Å²) in [6.07, 6.45) is 0.557. The number of aryl methyl sites for hydroxylation is 1. The number of nitrogens with zero attached hydrogens (tertiary/aromatic N) is 4. The maximum absolute atomic E-state index is 12.3. The SMILES string of the molecule is CC(C)(C)c1nc(-c2ccc(NC(=O)CCCn3c(=O)oc4cc([N+](=O)[O-])ccc43)cc2)no1. The Hall–Kier alpha value is -4.28. The number of nitro groups is 1. The molecule has 176 valence electrons. The van der Waals surface area contributed by atoms with Gasteiger partial charge in [-0.15, -0.1) is 0 Å². The van der Waals surface area contributed by atoms with Gasteiger partial charge in [-0.3, -0.25) is 19.5 Å². The molecule has 2 aromatic carbocycles. The Bertz CT molecular complexity index is 1410. The molecule has 0 aliphatic heterocycles. The number of amides is 1. The molecule has 0 spiro atoms. The van der Waals surface area contributed by atoms with E-state index in [1.54, 1.807) is 24.3 Å². The van der Waals surface area contributed by atoms with Crippen molar-refractivity contribution in [1.82, 2.24) is 14.7 Å². The normalized spacial score (nSPS) is 11.6. The van der Waals surface area contributed by atoms with Crippen molar-refractivity contribution in [1.29, 1.82) is 0 Å². The molecule has 0 aliphatic carbocycles. The van der Waals surface area contributed by atoms with E-state index in [0.29, 0.717) is 29.3 Å². The van der Waals surface area contributed by atoms with Crippen molar-refractivity contribution in [2.75, 3.05) is 5.32 Å². The first-order valence-electron chi connectivity index (χ1n) is 10.6. The number of carbonyl (C=O) groups excluding carboxylic acids is 1. The summed E-state index contributed by atoms with van der Waals surface area (Å²) in [5, 5.41) is 17.7. The van der Waals surface area contributed by atoms with Crippen molar-refractivity contribution in [3.8, 4) is 11.4 Å². The van der Waals surface area contributed by atoms with Gasteiger partial charge in [0.25, 0.3) is 5.69 Å². The molecule has 0 fully saturated rings. The molecule has 11 nitrogen and oxygen atoms in total. The van der Waals surface area contributed by atoms with E-state index < -0.39 is 10.7 Å². The minimum atomic E-state index is -0.623. The fourth-order valence-corrected chi connectivity index (χ4v) is 3.35. The number of aromatic nitrogens is 3. The van der Waals surface area contributed by atoms with E-state index >= 15 is 0 Å². The number of hydrogen-bond donors (Lipinski definition) is 1. The Morgan fingerprint density at radius 1 is 1.18 bits per heavy atom. The first kappa shape index (κ1) is 22.9. The van der Waals surface area contributed by atoms with E-state index in [1.165, 1.54) is 22.8 Å². The quantitative estimate of drug-likeness (QED) is 0.314. The molecule has 2 aromatic heterocycles. The molecule has 1 N–H and O–H groups in total. The fraction of sp³-hybridized carbons (Fsp3) is 0.304. The predicted octanol–water partition coefficient (Wildman–Crippen LogP) is 4.27. The van der Waals surface area contributed by atoms with Gasteiger partial charge in [0.05, 0.1) is 16.5 Å². The standard InChI is InChI=1S/C23H23N5O6/c1-23(2,3)21-25-20(26-34-21)14-6-8-15(9-7-14)24-19(29)5-4-12-27-17-11-10-16(28(31)32)13-18(17)33-22(27)30/h6-11,13H,4-5,12H2,1-3H3,(H,24,29). The number of anilines is 1. The third-order valence-electron chi connectivity index (χ3n) is 5.14. The average molecular weight is 465 g/mol. The van der Waals surface area contributed by atoms with Gasteiger partial charge in [0.1, 0.15) is 0 Å². The number of nitro benzene ring substituents is 1. The molecule has 0 atom stereocenters. The molecule has 4 rings (SSSR count). The van der Waals surface area contributed by atoms with Gasteiger partial charge in [-0.2, -0.15) is 4.98 Å². The summed E-state index contributed by atoms with van der Waals surface area (Å²) < 4.78 is 11.8. The zero-order valence-corrected chi connectivity index (χ0v) is 18.9. The molecule has 0 saturated heterocycles. The van der Waals surface area contributed by atoms with Crippen molar-refractivity contribution >= 4 is 28.4 Å². The number of benzene rings is 2. The van der Waals surface area contributed by atoms with Crippen LogP contribution in [0.3, 0.4) is 0 Å². The molecule has 34 heavy (non-hydrogen) atoms. The maximum atomic E-state index is 12.3. The molecular weight excluding hydrogens is 442 g/mol. The number of nitrogens with one attached hydrogen (secondary N) is 1. The lowest BCUT2D eigenvalue weighted by molar-refractivity contribution is -0.384. The first-order valence-corrected chi connectivity index (χ1v) is 10.6. The highest BCUT2D eigenvalue weighted by Crippen LogP contribution is 2.25. The van der Waals surface area contributed by atoms with Crippen molar-refractivity contribution in [2.45, 2.75) is 45.6 Å². The lowest BCUT2D eigenvalue weighted by Gasteiger charge is -2.10. The van der Waals surface area contributed by atoms with Crippen LogP contribution in [0.1, 0.15) is 39.5 Å². The molecule has 11 heteroatoms. The van der Waals surface area contributed by atoms with E-state index in [9.17, 15) is 19.7 Å². The summed E-state index contributed by atoms with van der Waals surface area (Å²) in [5.41, 5.74) is 1.57. The number of non-ortho nitro benzene ring substituents is 1. The second-order valence-corrected chi connectivity index (χ2v) is 8.83. The molecule has 1 amide bonds. The van der Waals surface area contributed by atoms with Crippen LogP contribution >= 0.6 is 0 Å². The van der Waals surface area contributed by atoms with E-state index in [-0.39, 0.29) is 35.6 Å². The predicted molar refractivity (Wildman–Crippen MR) is 123 cm³/mol. The molecular formula is C23H23N5O6. The zero-order valence-electron chi connectivity index (χ0n) is 18.9. The molecule has 0 bridgehead atoms. The number of carbonyl (C=O) groups is 1. The van der Waals surface area contributed by atoms with Crippen LogP contribution in [0.5, 0.6) is 0 Å². The van der Waals surface area contributed by atoms with E-state index in [0.717, 1.165) is 5.56 Å². The summed E-state index contributed by atoms with van der Waals surface area (Å²) in [7, 11) is 0. The van der Waals surface area contributed by atoms with Crippen LogP contribution < -0.4 is 11.1 Å². The smallest absolute Gasteiger partial charge is 0.407 e. The number of rotatable bonds is 7. The first-order chi connectivity index (χ1) is 16.1. The van der Waals surface area contributed by atoms with Gasteiger partial charge in [-0.1, -0.05) is 25.9 Å². The van der Waals surface area contributed by atoms with Gasteiger partial charge in [-0.05, 0) is 36.8 Å². The largest absolute Gasteiger partial charge is 0.419 e. The van der Waals surface area contributed by atoms with Crippen molar-refractivity contribution < 1.29 is 18.7 Å². The third-order valence-corrected chi connectivity index (χ3v) is 5.14. The van der Waals surface area contributed by atoms with Crippen LogP contribution in [-0.4, -0.2) is 25.5 Å². The molecule has 0 saturated carbocycles. The van der Waals surface area contributed by atoms with E-state index in [4.69, 9.17) is 8.94 Å². The van der Waals surface area contributed by atoms with Crippen molar-refractivity contribution in [2.24, 2.45) is 0 Å². The van der Waals surface area contributed by atoms with E-state index in [2.05, 4.69) is 15.5 Å². The molecule has 4 aromatic rings. The highest BCUT2D eigenvalue weighted by molar-refractivity contribution is 5.90. The van der Waals surface area contributed by atoms with Gasteiger partial charge < -0.3 is 14.3 Å². The third kappa shape index (κ3) is 4.87. The summed E-state index contributed by atoms with van der Waals surface area (Å²) in [5.74, 6) is 0.190. The van der Waals surface area contributed by atoms with Gasteiger partial charge in [-0.25, -0.2) is 4.79 Å². The molecule has 0 radical (unpaired) electrons. The Morgan fingerprint density at radius 2 is 1.91 bits per heavy atom. The Kier molecular flexibility index (Phi) is 6.01. The summed E-state index contributed by atoms with van der Waals surface area (Å²) in [6, 6.07) is 11.1. The molecule has 2 heterocycles. The lowest BCUT2D eigenvalue weighted by Crippen LogP contribution is -2.17.